The number of ether oxygens (including phenoxy) is 1. The van der Waals surface area contributed by atoms with E-state index in [1.54, 1.807) is 17.0 Å². The van der Waals surface area contributed by atoms with Gasteiger partial charge in [0.15, 0.2) is 0 Å². The summed E-state index contributed by atoms with van der Waals surface area (Å²) in [5, 5.41) is 3.51. The number of benzene rings is 1. The minimum absolute atomic E-state index is 0. The molecule has 0 saturated carbocycles. The molecule has 1 aromatic rings. The molecule has 2 fully saturated rings. The molecule has 21 heavy (non-hydrogen) atoms. The number of nitrogens with zero attached hydrogens (tertiary/aromatic N) is 1. The molecule has 0 aliphatic carbocycles. The molecule has 2 unspecified atom stereocenters. The van der Waals surface area contributed by atoms with Crippen LogP contribution in [0, 0.1) is 5.82 Å². The van der Waals surface area contributed by atoms with Crippen LogP contribution in [0.1, 0.15) is 29.6 Å². The highest BCUT2D eigenvalue weighted by atomic mass is 35.5. The van der Waals surface area contributed by atoms with Gasteiger partial charge in [0.25, 0.3) is 5.91 Å². The van der Waals surface area contributed by atoms with E-state index in [4.69, 9.17) is 4.74 Å². The fraction of sp³-hybridized carbons (Fsp3) is 0.533. The summed E-state index contributed by atoms with van der Waals surface area (Å²) in [6, 6.07) is 5.32. The van der Waals surface area contributed by atoms with Crippen LogP contribution < -0.4 is 10.1 Å². The van der Waals surface area contributed by atoms with E-state index in [2.05, 4.69) is 5.32 Å². The molecule has 4 nitrogen and oxygen atoms in total. The fourth-order valence-corrected chi connectivity index (χ4v) is 3.17. The van der Waals surface area contributed by atoms with Gasteiger partial charge < -0.3 is 15.0 Å². The molecule has 116 valence electrons. The molecule has 2 saturated heterocycles. The van der Waals surface area contributed by atoms with Crippen LogP contribution in [0.5, 0.6) is 5.75 Å². The topological polar surface area (TPSA) is 41.6 Å². The first-order chi connectivity index (χ1) is 9.69. The van der Waals surface area contributed by atoms with Crippen molar-refractivity contribution < 1.29 is 13.9 Å². The van der Waals surface area contributed by atoms with Crippen molar-refractivity contribution in [2.75, 3.05) is 20.2 Å². The standard InChI is InChI=1S/C15H19FN2O2.ClH/c1-20-13-4-2-3-12(16)14(13)15(19)18-8-7-10-5-6-11(9-18)17-10;/h2-4,10-11,17H,5-9H2,1H3;1H. The monoisotopic (exact) mass is 314 g/mol. The predicted octanol–water partition coefficient (Wildman–Crippen LogP) is 2.22. The molecular weight excluding hydrogens is 295 g/mol. The summed E-state index contributed by atoms with van der Waals surface area (Å²) in [6.45, 7) is 1.32. The lowest BCUT2D eigenvalue weighted by atomic mass is 10.1. The van der Waals surface area contributed by atoms with Gasteiger partial charge in [0, 0.05) is 25.2 Å². The number of hydrogen-bond donors (Lipinski definition) is 1. The van der Waals surface area contributed by atoms with Crippen LogP contribution >= 0.6 is 12.4 Å². The van der Waals surface area contributed by atoms with Crippen molar-refractivity contribution in [2.24, 2.45) is 0 Å². The van der Waals surface area contributed by atoms with Crippen molar-refractivity contribution in [1.29, 1.82) is 0 Å². The molecule has 2 heterocycles. The van der Waals surface area contributed by atoms with Crippen molar-refractivity contribution in [2.45, 2.75) is 31.3 Å². The second-order valence-corrected chi connectivity index (χ2v) is 5.49. The highest BCUT2D eigenvalue weighted by Gasteiger charge is 2.33. The Morgan fingerprint density at radius 1 is 1.33 bits per heavy atom. The van der Waals surface area contributed by atoms with Gasteiger partial charge in [-0.15, -0.1) is 12.4 Å². The van der Waals surface area contributed by atoms with Crippen molar-refractivity contribution in [3.8, 4) is 5.75 Å². The van der Waals surface area contributed by atoms with Crippen LogP contribution in [0.3, 0.4) is 0 Å². The van der Waals surface area contributed by atoms with Gasteiger partial charge in [0.05, 0.1) is 7.11 Å². The Morgan fingerprint density at radius 3 is 2.86 bits per heavy atom. The largest absolute Gasteiger partial charge is 0.496 e. The quantitative estimate of drug-likeness (QED) is 0.910. The SMILES string of the molecule is COc1cccc(F)c1C(=O)N1CCC2CCC(C1)N2.Cl. The van der Waals surface area contributed by atoms with E-state index < -0.39 is 5.82 Å². The van der Waals surface area contributed by atoms with E-state index in [9.17, 15) is 9.18 Å². The van der Waals surface area contributed by atoms with Crippen LogP contribution in [0.25, 0.3) is 0 Å². The third-order valence-corrected chi connectivity index (χ3v) is 4.22. The molecule has 6 heteroatoms. The Hall–Kier alpha value is -1.33. The lowest BCUT2D eigenvalue weighted by molar-refractivity contribution is 0.0739. The van der Waals surface area contributed by atoms with E-state index in [1.165, 1.54) is 19.6 Å². The normalized spacial score (nSPS) is 24.2. The third kappa shape index (κ3) is 3.14. The zero-order valence-electron chi connectivity index (χ0n) is 12.0. The van der Waals surface area contributed by atoms with Crippen LogP contribution in [-0.4, -0.2) is 43.1 Å². The Bertz CT molecular complexity index is 526. The molecular formula is C15H20ClFN2O2. The van der Waals surface area contributed by atoms with E-state index >= 15 is 0 Å². The van der Waals surface area contributed by atoms with Crippen LogP contribution in [0.4, 0.5) is 4.39 Å². The van der Waals surface area contributed by atoms with E-state index in [0.29, 0.717) is 30.9 Å². The summed E-state index contributed by atoms with van der Waals surface area (Å²) in [7, 11) is 1.46. The number of hydrogen-bond acceptors (Lipinski definition) is 3. The molecule has 1 N–H and O–H groups in total. The van der Waals surface area contributed by atoms with Gasteiger partial charge >= 0.3 is 0 Å². The summed E-state index contributed by atoms with van der Waals surface area (Å²) in [5.74, 6) is -0.483. The minimum Gasteiger partial charge on any atom is -0.496 e. The maximum absolute atomic E-state index is 14.0. The lowest BCUT2D eigenvalue weighted by Gasteiger charge is -2.25. The van der Waals surface area contributed by atoms with Gasteiger partial charge in [-0.05, 0) is 31.4 Å². The molecule has 2 aliphatic rings. The molecule has 3 rings (SSSR count). The smallest absolute Gasteiger partial charge is 0.260 e. The van der Waals surface area contributed by atoms with Crippen molar-refractivity contribution in [3.63, 3.8) is 0 Å². The molecule has 0 aromatic heterocycles. The number of carbonyl (C=O) groups is 1. The third-order valence-electron chi connectivity index (χ3n) is 4.22. The second kappa shape index (κ2) is 6.62. The molecule has 1 amide bonds. The maximum Gasteiger partial charge on any atom is 0.260 e. The van der Waals surface area contributed by atoms with Crippen molar-refractivity contribution in [3.05, 3.63) is 29.6 Å². The summed E-state index contributed by atoms with van der Waals surface area (Å²) in [5.41, 5.74) is 0.0489. The van der Waals surface area contributed by atoms with Gasteiger partial charge in [-0.3, -0.25) is 4.79 Å². The average molecular weight is 315 g/mol. The first kappa shape index (κ1) is 16.0. The Morgan fingerprint density at radius 2 is 2.10 bits per heavy atom. The summed E-state index contributed by atoms with van der Waals surface area (Å²) in [6.07, 6.45) is 3.19. The number of halogens is 2. The van der Waals surface area contributed by atoms with Crippen LogP contribution in [0.15, 0.2) is 18.2 Å². The maximum atomic E-state index is 14.0. The minimum atomic E-state index is -0.517. The van der Waals surface area contributed by atoms with E-state index in [0.717, 1.165) is 12.8 Å². The van der Waals surface area contributed by atoms with Gasteiger partial charge in [-0.2, -0.15) is 0 Å². The number of carbonyl (C=O) groups excluding carboxylic acids is 1. The summed E-state index contributed by atoms with van der Waals surface area (Å²) in [4.78, 5) is 14.4. The Balaban J connectivity index is 0.00000161. The first-order valence-electron chi connectivity index (χ1n) is 7.07. The van der Waals surface area contributed by atoms with Gasteiger partial charge in [0.2, 0.25) is 0 Å². The van der Waals surface area contributed by atoms with Crippen LogP contribution in [-0.2, 0) is 0 Å². The lowest BCUT2D eigenvalue weighted by Crippen LogP contribution is -2.39. The Labute approximate surface area is 130 Å². The molecule has 0 radical (unpaired) electrons. The number of amides is 1. The summed E-state index contributed by atoms with van der Waals surface area (Å²) >= 11 is 0. The van der Waals surface area contributed by atoms with Gasteiger partial charge in [-0.1, -0.05) is 6.07 Å². The van der Waals surface area contributed by atoms with Gasteiger partial charge in [-0.25, -0.2) is 4.39 Å². The molecule has 1 aromatic carbocycles. The summed E-state index contributed by atoms with van der Waals surface area (Å²) < 4.78 is 19.1. The highest BCUT2D eigenvalue weighted by molar-refractivity contribution is 5.97. The molecule has 2 atom stereocenters. The highest BCUT2D eigenvalue weighted by Crippen LogP contribution is 2.26. The first-order valence-corrected chi connectivity index (χ1v) is 7.07. The zero-order chi connectivity index (χ0) is 14.1. The predicted molar refractivity (Wildman–Crippen MR) is 80.7 cm³/mol. The molecule has 2 bridgehead atoms. The zero-order valence-corrected chi connectivity index (χ0v) is 12.8. The van der Waals surface area contributed by atoms with Gasteiger partial charge in [0.1, 0.15) is 17.1 Å². The number of nitrogens with one attached hydrogen (secondary N) is 1. The number of methoxy groups -OCH3 is 1. The Kier molecular flexibility index (Phi) is 5.06. The number of likely N-dealkylation sites (tertiary alicyclic amines) is 1. The number of fused-ring (bicyclic) bond motifs is 2. The van der Waals surface area contributed by atoms with Crippen molar-refractivity contribution in [1.82, 2.24) is 10.2 Å². The van der Waals surface area contributed by atoms with E-state index in [-0.39, 0.29) is 23.9 Å². The fourth-order valence-electron chi connectivity index (χ4n) is 3.17. The number of rotatable bonds is 2. The molecule has 2 aliphatic heterocycles. The second-order valence-electron chi connectivity index (χ2n) is 5.49. The average Bonchev–Trinajstić information content (AvgIpc) is 2.77. The molecule has 0 spiro atoms. The van der Waals surface area contributed by atoms with Crippen LogP contribution in [0.2, 0.25) is 0 Å². The van der Waals surface area contributed by atoms with Crippen molar-refractivity contribution >= 4 is 18.3 Å². The van der Waals surface area contributed by atoms with E-state index in [1.807, 2.05) is 0 Å².